The molecule has 2 aliphatic rings. The zero-order valence-corrected chi connectivity index (χ0v) is 12.0. The Kier molecular flexibility index (Phi) is 4.52. The van der Waals surface area contributed by atoms with Crippen molar-refractivity contribution in [1.82, 2.24) is 9.80 Å². The molecule has 114 valence electrons. The number of piperidine rings is 1. The summed E-state index contributed by atoms with van der Waals surface area (Å²) in [5.41, 5.74) is -0.657. The smallest absolute Gasteiger partial charge is 0.320 e. The first-order valence-corrected chi connectivity index (χ1v) is 7.40. The molecule has 0 aliphatic carbocycles. The fourth-order valence-corrected chi connectivity index (χ4v) is 3.20. The third-order valence-electron chi connectivity index (χ3n) is 4.94. The van der Waals surface area contributed by atoms with Gasteiger partial charge in [0.1, 0.15) is 0 Å². The van der Waals surface area contributed by atoms with Gasteiger partial charge in [-0.05, 0) is 25.7 Å². The molecule has 2 N–H and O–H groups in total. The van der Waals surface area contributed by atoms with Crippen molar-refractivity contribution in [2.75, 3.05) is 32.8 Å². The van der Waals surface area contributed by atoms with Crippen molar-refractivity contribution < 1.29 is 19.8 Å². The molecule has 2 rings (SSSR count). The Morgan fingerprint density at radius 1 is 1.20 bits per heavy atom. The Hall–Kier alpha value is -1.30. The number of carboxylic acid groups (broad SMARTS) is 1. The first-order chi connectivity index (χ1) is 9.52. The number of hydrogen-bond donors (Lipinski definition) is 2. The molecular weight excluding hydrogens is 260 g/mol. The van der Waals surface area contributed by atoms with Gasteiger partial charge in [-0.2, -0.15) is 0 Å². The van der Waals surface area contributed by atoms with Gasteiger partial charge in [0.2, 0.25) is 0 Å². The first-order valence-electron chi connectivity index (χ1n) is 7.40. The van der Waals surface area contributed by atoms with E-state index < -0.39 is 11.4 Å². The lowest BCUT2D eigenvalue weighted by Crippen LogP contribution is -2.50. The molecule has 2 saturated heterocycles. The van der Waals surface area contributed by atoms with Crippen LogP contribution in [-0.2, 0) is 4.79 Å². The molecule has 0 spiro atoms. The van der Waals surface area contributed by atoms with Crippen molar-refractivity contribution in [1.29, 1.82) is 0 Å². The van der Waals surface area contributed by atoms with E-state index >= 15 is 0 Å². The predicted octanol–water partition coefficient (Wildman–Crippen LogP) is 0.997. The summed E-state index contributed by atoms with van der Waals surface area (Å²) in [6.45, 7) is 4.36. The Morgan fingerprint density at radius 2 is 1.85 bits per heavy atom. The number of aliphatic hydroxyl groups excluding tert-OH is 1. The summed E-state index contributed by atoms with van der Waals surface area (Å²) >= 11 is 0. The minimum absolute atomic E-state index is 0.00366. The van der Waals surface area contributed by atoms with Crippen LogP contribution in [0.4, 0.5) is 4.79 Å². The molecule has 6 nitrogen and oxygen atoms in total. The molecule has 20 heavy (non-hydrogen) atoms. The molecule has 2 fully saturated rings. The number of hydrogen-bond acceptors (Lipinski definition) is 3. The number of carboxylic acids is 1. The lowest BCUT2D eigenvalue weighted by molar-refractivity contribution is -0.152. The van der Waals surface area contributed by atoms with Gasteiger partial charge in [0.25, 0.3) is 0 Å². The second-order valence-corrected chi connectivity index (χ2v) is 5.99. The lowest BCUT2D eigenvalue weighted by Gasteiger charge is -2.39. The van der Waals surface area contributed by atoms with Crippen LogP contribution in [0.15, 0.2) is 0 Å². The van der Waals surface area contributed by atoms with Gasteiger partial charge in [-0.25, -0.2) is 4.79 Å². The number of carbonyl (C=O) groups is 2. The van der Waals surface area contributed by atoms with Gasteiger partial charge < -0.3 is 20.0 Å². The molecule has 2 amide bonds. The van der Waals surface area contributed by atoms with E-state index in [0.717, 1.165) is 6.42 Å². The molecule has 0 saturated carbocycles. The highest BCUT2D eigenvalue weighted by Crippen LogP contribution is 2.35. The molecule has 2 heterocycles. The highest BCUT2D eigenvalue weighted by molar-refractivity contribution is 5.77. The summed E-state index contributed by atoms with van der Waals surface area (Å²) in [5.74, 6) is -0.550. The van der Waals surface area contributed by atoms with Crippen LogP contribution in [0.3, 0.4) is 0 Å². The highest BCUT2D eigenvalue weighted by Gasteiger charge is 2.41. The summed E-state index contributed by atoms with van der Waals surface area (Å²) in [6.07, 6.45) is 2.52. The number of likely N-dealkylation sites (tertiary alicyclic amines) is 2. The Labute approximate surface area is 119 Å². The summed E-state index contributed by atoms with van der Waals surface area (Å²) in [4.78, 5) is 27.3. The quantitative estimate of drug-likeness (QED) is 0.810. The Morgan fingerprint density at radius 3 is 2.30 bits per heavy atom. The number of urea groups is 1. The summed E-state index contributed by atoms with van der Waals surface area (Å²) in [7, 11) is 0. The van der Waals surface area contributed by atoms with Gasteiger partial charge in [-0.1, -0.05) is 6.92 Å². The van der Waals surface area contributed by atoms with E-state index in [1.807, 2.05) is 6.92 Å². The van der Waals surface area contributed by atoms with Gasteiger partial charge in [-0.3, -0.25) is 4.79 Å². The third-order valence-corrected chi connectivity index (χ3v) is 4.94. The molecule has 1 unspecified atom stereocenters. The summed E-state index contributed by atoms with van der Waals surface area (Å²) < 4.78 is 0. The first kappa shape index (κ1) is 15.1. The van der Waals surface area contributed by atoms with Gasteiger partial charge >= 0.3 is 12.0 Å². The topological polar surface area (TPSA) is 81.1 Å². The Bertz CT molecular complexity index is 377. The normalized spacial score (nSPS) is 25.8. The van der Waals surface area contributed by atoms with E-state index in [2.05, 4.69) is 0 Å². The third kappa shape index (κ3) is 2.75. The van der Waals surface area contributed by atoms with Crippen molar-refractivity contribution in [3.8, 4) is 0 Å². The molecule has 2 aliphatic heterocycles. The maximum absolute atomic E-state index is 12.4. The minimum atomic E-state index is -0.742. The molecule has 0 aromatic heterocycles. The highest BCUT2D eigenvalue weighted by atomic mass is 16.4. The van der Waals surface area contributed by atoms with Crippen molar-refractivity contribution in [3.63, 3.8) is 0 Å². The van der Waals surface area contributed by atoms with Crippen molar-refractivity contribution >= 4 is 12.0 Å². The molecule has 0 radical (unpaired) electrons. The average Bonchev–Trinajstić information content (AvgIpc) is 2.95. The zero-order chi connectivity index (χ0) is 14.8. The maximum atomic E-state index is 12.4. The monoisotopic (exact) mass is 284 g/mol. The zero-order valence-electron chi connectivity index (χ0n) is 12.0. The van der Waals surface area contributed by atoms with Crippen molar-refractivity contribution in [2.24, 2.45) is 11.3 Å². The van der Waals surface area contributed by atoms with Crippen LogP contribution >= 0.6 is 0 Å². The fraction of sp³-hybridized carbons (Fsp3) is 0.857. The maximum Gasteiger partial charge on any atom is 0.320 e. The van der Waals surface area contributed by atoms with E-state index in [4.69, 9.17) is 5.11 Å². The van der Waals surface area contributed by atoms with Crippen molar-refractivity contribution in [2.45, 2.75) is 32.6 Å². The second-order valence-electron chi connectivity index (χ2n) is 5.99. The number of nitrogens with zero attached hydrogens (tertiary/aromatic N) is 2. The fourth-order valence-electron chi connectivity index (χ4n) is 3.20. The molecule has 0 aromatic carbocycles. The number of aliphatic hydroxyl groups is 1. The molecule has 6 heteroatoms. The molecule has 0 bridgehead atoms. The van der Waals surface area contributed by atoms with Crippen LogP contribution in [0.1, 0.15) is 32.6 Å². The number of rotatable bonds is 3. The number of amides is 2. The number of aliphatic carboxylic acids is 1. The van der Waals surface area contributed by atoms with Crippen LogP contribution in [-0.4, -0.2) is 64.8 Å². The van der Waals surface area contributed by atoms with E-state index in [-0.39, 0.29) is 18.6 Å². The second kappa shape index (κ2) is 5.99. The van der Waals surface area contributed by atoms with Crippen LogP contribution < -0.4 is 0 Å². The van der Waals surface area contributed by atoms with Crippen LogP contribution in [0.5, 0.6) is 0 Å². The predicted molar refractivity (Wildman–Crippen MR) is 73.3 cm³/mol. The van der Waals surface area contributed by atoms with Crippen LogP contribution in [0.25, 0.3) is 0 Å². The van der Waals surface area contributed by atoms with Crippen LogP contribution in [0, 0.1) is 11.3 Å². The van der Waals surface area contributed by atoms with Gasteiger partial charge in [-0.15, -0.1) is 0 Å². The number of carbonyl (C=O) groups excluding carboxylic acids is 1. The van der Waals surface area contributed by atoms with E-state index in [9.17, 15) is 14.7 Å². The largest absolute Gasteiger partial charge is 0.481 e. The molecular formula is C14H24N2O4. The van der Waals surface area contributed by atoms with Gasteiger partial charge in [0.15, 0.2) is 0 Å². The van der Waals surface area contributed by atoms with Gasteiger partial charge in [0.05, 0.1) is 5.41 Å². The SMILES string of the molecule is CCC1(C(=O)O)CCN(C(=O)N2CCC(CO)C2)CC1. The standard InChI is InChI=1S/C14H24N2O4/c1-2-14(12(18)19)4-7-15(8-5-14)13(20)16-6-3-11(9-16)10-17/h11,17H,2-10H2,1H3,(H,18,19). The molecule has 1 atom stereocenters. The summed E-state index contributed by atoms with van der Waals surface area (Å²) in [5, 5.41) is 18.5. The molecule has 0 aromatic rings. The van der Waals surface area contributed by atoms with E-state index in [1.54, 1.807) is 9.80 Å². The lowest BCUT2D eigenvalue weighted by atomic mass is 9.76. The average molecular weight is 284 g/mol. The van der Waals surface area contributed by atoms with Gasteiger partial charge in [0, 0.05) is 38.7 Å². The van der Waals surface area contributed by atoms with E-state index in [1.165, 1.54) is 0 Å². The van der Waals surface area contributed by atoms with Crippen molar-refractivity contribution in [3.05, 3.63) is 0 Å². The van der Waals surface area contributed by atoms with E-state index in [0.29, 0.717) is 45.4 Å². The van der Waals surface area contributed by atoms with Crippen LogP contribution in [0.2, 0.25) is 0 Å². The minimum Gasteiger partial charge on any atom is -0.481 e. The Balaban J connectivity index is 1.90. The summed E-state index contributed by atoms with van der Waals surface area (Å²) in [6, 6.07) is -0.00366.